The van der Waals surface area contributed by atoms with E-state index in [-0.39, 0.29) is 18.1 Å². The highest BCUT2D eigenvalue weighted by atomic mass is 79.9. The molecular weight excluding hydrogens is 440 g/mol. The third kappa shape index (κ3) is 3.27. The molecule has 0 amide bonds. The number of imidazole rings is 1. The number of benzene rings is 1. The van der Waals surface area contributed by atoms with Crippen LogP contribution in [0.15, 0.2) is 64.5 Å². The molecule has 3 heterocycles. The lowest BCUT2D eigenvalue weighted by Crippen LogP contribution is -2.14. The molecule has 0 aliphatic carbocycles. The van der Waals surface area contributed by atoms with Crippen LogP contribution in [-0.4, -0.2) is 27.7 Å². The van der Waals surface area contributed by atoms with Gasteiger partial charge >= 0.3 is 5.97 Å². The minimum Gasteiger partial charge on any atom is -0.461 e. The van der Waals surface area contributed by atoms with Gasteiger partial charge in [0, 0.05) is 10.0 Å². The average Bonchev–Trinajstić information content (AvgIpc) is 3.35. The predicted octanol–water partition coefficient (Wildman–Crippen LogP) is 5.23. The van der Waals surface area contributed by atoms with Crippen LogP contribution in [0.2, 0.25) is 0 Å². The number of carbonyl (C=O) groups is 2. The SMILES string of the molecule is CCOC(=O)c1cccc2nc(-c3cccs3)c(C(=O)c3ccc(Br)cc3)n12. The van der Waals surface area contributed by atoms with Crippen molar-refractivity contribution >= 4 is 44.7 Å². The quantitative estimate of drug-likeness (QED) is 0.305. The molecule has 0 atom stereocenters. The molecule has 28 heavy (non-hydrogen) atoms. The summed E-state index contributed by atoms with van der Waals surface area (Å²) >= 11 is 4.88. The Morgan fingerprint density at radius 2 is 1.89 bits per heavy atom. The topological polar surface area (TPSA) is 60.7 Å². The van der Waals surface area contributed by atoms with E-state index < -0.39 is 5.97 Å². The summed E-state index contributed by atoms with van der Waals surface area (Å²) < 4.78 is 7.67. The van der Waals surface area contributed by atoms with Gasteiger partial charge in [0.25, 0.3) is 0 Å². The van der Waals surface area contributed by atoms with Gasteiger partial charge in [-0.05, 0) is 54.8 Å². The van der Waals surface area contributed by atoms with E-state index in [1.54, 1.807) is 41.7 Å². The number of thiophene rings is 1. The Kier molecular flexibility index (Phi) is 5.11. The first-order valence-electron chi connectivity index (χ1n) is 8.63. The zero-order valence-corrected chi connectivity index (χ0v) is 17.3. The summed E-state index contributed by atoms with van der Waals surface area (Å²) in [4.78, 5) is 31.5. The first-order valence-corrected chi connectivity index (χ1v) is 10.3. The second-order valence-electron chi connectivity index (χ2n) is 5.95. The summed E-state index contributed by atoms with van der Waals surface area (Å²) in [5, 5.41) is 1.93. The van der Waals surface area contributed by atoms with Gasteiger partial charge in [0.15, 0.2) is 0 Å². The van der Waals surface area contributed by atoms with E-state index in [1.165, 1.54) is 11.3 Å². The van der Waals surface area contributed by atoms with Crippen molar-refractivity contribution in [3.8, 4) is 10.6 Å². The van der Waals surface area contributed by atoms with Crippen molar-refractivity contribution in [3.05, 3.63) is 81.4 Å². The van der Waals surface area contributed by atoms with Gasteiger partial charge in [0.05, 0.1) is 11.5 Å². The molecule has 0 aliphatic rings. The Morgan fingerprint density at radius 3 is 2.57 bits per heavy atom. The molecule has 0 aliphatic heterocycles. The van der Waals surface area contributed by atoms with Crippen molar-refractivity contribution < 1.29 is 14.3 Å². The molecule has 140 valence electrons. The van der Waals surface area contributed by atoms with Crippen LogP contribution in [0.3, 0.4) is 0 Å². The Morgan fingerprint density at radius 1 is 1.11 bits per heavy atom. The van der Waals surface area contributed by atoms with Gasteiger partial charge in [-0.3, -0.25) is 9.20 Å². The lowest BCUT2D eigenvalue weighted by atomic mass is 10.1. The van der Waals surface area contributed by atoms with Crippen molar-refractivity contribution in [2.45, 2.75) is 6.92 Å². The van der Waals surface area contributed by atoms with Crippen LogP contribution in [0, 0.1) is 0 Å². The van der Waals surface area contributed by atoms with Crippen LogP contribution in [0.5, 0.6) is 0 Å². The number of nitrogens with zero attached hydrogens (tertiary/aromatic N) is 2. The Bertz CT molecular complexity index is 1160. The molecule has 0 saturated heterocycles. The Balaban J connectivity index is 2.00. The molecule has 0 spiro atoms. The molecule has 5 nitrogen and oxygen atoms in total. The van der Waals surface area contributed by atoms with Gasteiger partial charge in [-0.25, -0.2) is 9.78 Å². The monoisotopic (exact) mass is 454 g/mol. The van der Waals surface area contributed by atoms with Gasteiger partial charge in [0.2, 0.25) is 5.78 Å². The molecule has 0 saturated carbocycles. The van der Waals surface area contributed by atoms with Crippen LogP contribution >= 0.6 is 27.3 Å². The maximum Gasteiger partial charge on any atom is 0.355 e. The number of ketones is 1. The van der Waals surface area contributed by atoms with Crippen LogP contribution in [0.1, 0.15) is 33.5 Å². The number of carbonyl (C=O) groups excluding carboxylic acids is 2. The van der Waals surface area contributed by atoms with Crippen molar-refractivity contribution in [3.63, 3.8) is 0 Å². The predicted molar refractivity (Wildman–Crippen MR) is 112 cm³/mol. The molecule has 3 aromatic heterocycles. The number of hydrogen-bond acceptors (Lipinski definition) is 5. The lowest BCUT2D eigenvalue weighted by Gasteiger charge is -2.09. The fraction of sp³-hybridized carbons (Fsp3) is 0.0952. The third-order valence-electron chi connectivity index (χ3n) is 4.20. The number of rotatable bonds is 5. The van der Waals surface area contributed by atoms with Gasteiger partial charge in [-0.2, -0.15) is 0 Å². The Labute approximate surface area is 173 Å². The summed E-state index contributed by atoms with van der Waals surface area (Å²) in [6.45, 7) is 1.99. The summed E-state index contributed by atoms with van der Waals surface area (Å²) in [6.07, 6.45) is 0. The van der Waals surface area contributed by atoms with E-state index >= 15 is 0 Å². The number of halogens is 1. The van der Waals surface area contributed by atoms with E-state index in [9.17, 15) is 9.59 Å². The zero-order chi connectivity index (χ0) is 19.7. The summed E-state index contributed by atoms with van der Waals surface area (Å²) in [5.74, 6) is -0.701. The molecular formula is C21H15BrN2O3S. The maximum absolute atomic E-state index is 13.5. The standard InChI is InChI=1S/C21H15BrN2O3S/c1-2-27-21(26)15-5-3-7-17-23-18(16-6-4-12-28-16)19(24(15)17)20(25)13-8-10-14(22)11-9-13/h3-12H,2H2,1H3. The van der Waals surface area contributed by atoms with Gasteiger partial charge in [0.1, 0.15) is 22.7 Å². The van der Waals surface area contributed by atoms with Crippen molar-refractivity contribution in [2.24, 2.45) is 0 Å². The van der Waals surface area contributed by atoms with Gasteiger partial charge in [-0.1, -0.05) is 28.1 Å². The maximum atomic E-state index is 13.5. The average molecular weight is 455 g/mol. The number of aromatic nitrogens is 2. The molecule has 0 radical (unpaired) electrons. The summed E-state index contributed by atoms with van der Waals surface area (Å²) in [7, 11) is 0. The highest BCUT2D eigenvalue weighted by Gasteiger charge is 2.26. The minimum absolute atomic E-state index is 0.208. The Hall–Kier alpha value is -2.77. The summed E-state index contributed by atoms with van der Waals surface area (Å²) in [5.41, 5.74) is 2.22. The van der Waals surface area contributed by atoms with Gasteiger partial charge < -0.3 is 4.74 Å². The lowest BCUT2D eigenvalue weighted by molar-refractivity contribution is 0.0517. The number of fused-ring (bicyclic) bond motifs is 1. The van der Waals surface area contributed by atoms with Crippen LogP contribution in [-0.2, 0) is 4.74 Å². The number of pyridine rings is 1. The highest BCUT2D eigenvalue weighted by molar-refractivity contribution is 9.10. The molecule has 0 unspecified atom stereocenters. The normalized spacial score (nSPS) is 10.9. The molecule has 7 heteroatoms. The molecule has 0 fully saturated rings. The summed E-state index contributed by atoms with van der Waals surface area (Å²) in [6, 6.07) is 16.1. The van der Waals surface area contributed by atoms with E-state index in [4.69, 9.17) is 4.74 Å². The smallest absolute Gasteiger partial charge is 0.355 e. The molecule has 0 N–H and O–H groups in total. The van der Waals surface area contributed by atoms with Crippen molar-refractivity contribution in [1.82, 2.24) is 9.38 Å². The third-order valence-corrected chi connectivity index (χ3v) is 5.61. The van der Waals surface area contributed by atoms with Crippen LogP contribution in [0.4, 0.5) is 0 Å². The number of hydrogen-bond donors (Lipinski definition) is 0. The second-order valence-corrected chi connectivity index (χ2v) is 7.81. The van der Waals surface area contributed by atoms with E-state index in [0.717, 1.165) is 9.35 Å². The highest BCUT2D eigenvalue weighted by Crippen LogP contribution is 2.31. The molecule has 1 aromatic carbocycles. The van der Waals surface area contributed by atoms with Crippen molar-refractivity contribution in [2.75, 3.05) is 6.61 Å². The van der Waals surface area contributed by atoms with Crippen LogP contribution < -0.4 is 0 Å². The largest absolute Gasteiger partial charge is 0.461 e. The van der Waals surface area contributed by atoms with E-state index in [0.29, 0.717) is 22.6 Å². The molecule has 0 bridgehead atoms. The van der Waals surface area contributed by atoms with E-state index in [2.05, 4.69) is 20.9 Å². The fourth-order valence-electron chi connectivity index (χ4n) is 2.99. The van der Waals surface area contributed by atoms with Crippen LogP contribution in [0.25, 0.3) is 16.2 Å². The first-order chi connectivity index (χ1) is 13.6. The minimum atomic E-state index is -0.493. The number of ether oxygens (including phenoxy) is 1. The van der Waals surface area contributed by atoms with Crippen molar-refractivity contribution in [1.29, 1.82) is 0 Å². The zero-order valence-electron chi connectivity index (χ0n) is 14.9. The van der Waals surface area contributed by atoms with E-state index in [1.807, 2.05) is 29.6 Å². The fourth-order valence-corrected chi connectivity index (χ4v) is 3.97. The van der Waals surface area contributed by atoms with Gasteiger partial charge in [-0.15, -0.1) is 11.3 Å². The number of esters is 1. The molecule has 4 rings (SSSR count). The molecule has 4 aromatic rings. The first kappa shape index (κ1) is 18.6. The second kappa shape index (κ2) is 7.69.